The lowest BCUT2D eigenvalue weighted by atomic mass is 10.0. The molecular formula is C71H131NO5. The zero-order valence-electron chi connectivity index (χ0n) is 51.4. The van der Waals surface area contributed by atoms with Crippen molar-refractivity contribution in [3.8, 4) is 0 Å². The van der Waals surface area contributed by atoms with Gasteiger partial charge in [-0.1, -0.05) is 319 Å². The first-order valence-corrected chi connectivity index (χ1v) is 34.1. The molecule has 0 spiro atoms. The van der Waals surface area contributed by atoms with E-state index in [4.69, 9.17) is 4.74 Å². The molecule has 0 aromatic carbocycles. The molecule has 1 amide bonds. The zero-order valence-corrected chi connectivity index (χ0v) is 51.4. The first-order valence-electron chi connectivity index (χ1n) is 34.1. The summed E-state index contributed by atoms with van der Waals surface area (Å²) >= 11 is 0. The molecule has 0 radical (unpaired) electrons. The summed E-state index contributed by atoms with van der Waals surface area (Å²) in [4.78, 5) is 24.6. The zero-order chi connectivity index (χ0) is 55.7. The summed E-state index contributed by atoms with van der Waals surface area (Å²) in [7, 11) is 0. The quantitative estimate of drug-likeness (QED) is 0.0320. The van der Waals surface area contributed by atoms with Gasteiger partial charge in [-0.3, -0.25) is 9.59 Å². The van der Waals surface area contributed by atoms with Gasteiger partial charge in [-0.05, 0) is 83.5 Å². The maximum absolute atomic E-state index is 12.5. The van der Waals surface area contributed by atoms with Crippen molar-refractivity contribution >= 4 is 11.9 Å². The van der Waals surface area contributed by atoms with Gasteiger partial charge in [0.1, 0.15) is 0 Å². The number of aliphatic hydroxyl groups is 2. The maximum atomic E-state index is 12.5. The maximum Gasteiger partial charge on any atom is 0.305 e. The van der Waals surface area contributed by atoms with E-state index in [1.54, 1.807) is 6.08 Å². The first kappa shape index (κ1) is 74.6. The van der Waals surface area contributed by atoms with Crippen LogP contribution in [-0.4, -0.2) is 47.4 Å². The third kappa shape index (κ3) is 62.6. The SMILES string of the molecule is CCCCC/C=C\C/C=C\CCCCCCCCCC(=O)OCC/C=C\C/C=C\CCCCCCCCCCCCCCCCC(=O)NC(CO)C(O)/C=C/CCCCCCCCCCCCCCCCCCCCCC. The summed E-state index contributed by atoms with van der Waals surface area (Å²) in [5.74, 6) is -0.114. The molecule has 2 atom stereocenters. The van der Waals surface area contributed by atoms with E-state index in [0.29, 0.717) is 19.4 Å². The lowest BCUT2D eigenvalue weighted by Crippen LogP contribution is -2.45. The van der Waals surface area contributed by atoms with Crippen LogP contribution < -0.4 is 5.32 Å². The van der Waals surface area contributed by atoms with E-state index in [0.717, 1.165) is 57.8 Å². The predicted molar refractivity (Wildman–Crippen MR) is 338 cm³/mol. The molecule has 6 nitrogen and oxygen atoms in total. The lowest BCUT2D eigenvalue weighted by Gasteiger charge is -2.20. The van der Waals surface area contributed by atoms with Gasteiger partial charge in [0.05, 0.1) is 25.4 Å². The number of aliphatic hydroxyl groups excluding tert-OH is 2. The smallest absolute Gasteiger partial charge is 0.305 e. The van der Waals surface area contributed by atoms with Crippen LogP contribution in [0.1, 0.15) is 354 Å². The van der Waals surface area contributed by atoms with Crippen LogP contribution in [0.2, 0.25) is 0 Å². The van der Waals surface area contributed by atoms with Crippen molar-refractivity contribution in [2.24, 2.45) is 0 Å². The van der Waals surface area contributed by atoms with Gasteiger partial charge in [0.2, 0.25) is 5.91 Å². The van der Waals surface area contributed by atoms with Gasteiger partial charge in [0, 0.05) is 12.8 Å². The van der Waals surface area contributed by atoms with E-state index >= 15 is 0 Å². The molecule has 0 rings (SSSR count). The normalized spacial score (nSPS) is 12.9. The fraction of sp³-hybridized carbons (Fsp3) is 0.831. The van der Waals surface area contributed by atoms with Crippen molar-refractivity contribution in [1.29, 1.82) is 0 Å². The second-order valence-electron chi connectivity index (χ2n) is 23.1. The molecule has 0 bridgehead atoms. The van der Waals surface area contributed by atoms with Gasteiger partial charge in [-0.25, -0.2) is 0 Å². The average Bonchev–Trinajstić information content (AvgIpc) is 3.43. The average molecular weight is 1080 g/mol. The van der Waals surface area contributed by atoms with E-state index in [1.807, 2.05) is 6.08 Å². The Labute approximate surface area is 479 Å². The second kappa shape index (κ2) is 66.1. The number of ether oxygens (including phenoxy) is 1. The van der Waals surface area contributed by atoms with Gasteiger partial charge in [0.15, 0.2) is 0 Å². The highest BCUT2D eigenvalue weighted by molar-refractivity contribution is 5.76. The Hall–Kier alpha value is -2.44. The number of esters is 1. The molecule has 0 aromatic heterocycles. The Balaban J connectivity index is 3.48. The van der Waals surface area contributed by atoms with Crippen LogP contribution in [0.15, 0.2) is 60.8 Å². The van der Waals surface area contributed by atoms with E-state index in [9.17, 15) is 19.8 Å². The van der Waals surface area contributed by atoms with Crippen molar-refractivity contribution in [3.05, 3.63) is 60.8 Å². The minimum absolute atomic E-state index is 0.0436. The van der Waals surface area contributed by atoms with Crippen LogP contribution in [0.4, 0.5) is 0 Å². The summed E-state index contributed by atoms with van der Waals surface area (Å²) in [6.07, 6.45) is 87.2. The summed E-state index contributed by atoms with van der Waals surface area (Å²) in [6.45, 7) is 4.79. The number of carbonyl (C=O) groups excluding carboxylic acids is 2. The number of rotatable bonds is 63. The molecule has 0 aliphatic carbocycles. The number of allylic oxidation sites excluding steroid dienone is 8. The van der Waals surface area contributed by atoms with Crippen molar-refractivity contribution in [3.63, 3.8) is 0 Å². The van der Waals surface area contributed by atoms with Crippen LogP contribution >= 0.6 is 0 Å². The molecule has 2 unspecified atom stereocenters. The second-order valence-corrected chi connectivity index (χ2v) is 23.1. The third-order valence-corrected chi connectivity index (χ3v) is 15.5. The van der Waals surface area contributed by atoms with Gasteiger partial charge >= 0.3 is 5.97 Å². The Kier molecular flexibility index (Phi) is 64.0. The minimum Gasteiger partial charge on any atom is -0.465 e. The predicted octanol–water partition coefficient (Wildman–Crippen LogP) is 21.9. The van der Waals surface area contributed by atoms with E-state index in [2.05, 4.69) is 67.8 Å². The highest BCUT2D eigenvalue weighted by Gasteiger charge is 2.18. The standard InChI is InChI=1S/C71H131NO5/c1-3-5-7-9-11-13-15-17-19-21-22-23-25-28-32-35-39-43-47-51-55-59-63-69(74)68(67-73)72-70(75)64-60-56-52-48-44-40-36-33-29-26-24-27-30-34-38-42-46-50-54-58-62-66-77-71(76)65-61-57-53-49-45-41-37-31-20-18-16-14-12-10-8-6-4-2/h12,14,18,20,42,46,54,58-59,63,68-69,73-74H,3-11,13,15-17,19,21-41,43-45,47-53,55-57,60-62,64-67H2,1-2H3,(H,72,75)/b14-12-,20-18-,46-42-,58-54-,63-59+. The van der Waals surface area contributed by atoms with Crippen molar-refractivity contribution in [2.75, 3.05) is 13.2 Å². The van der Waals surface area contributed by atoms with Crippen LogP contribution in [0.5, 0.6) is 0 Å². The van der Waals surface area contributed by atoms with Gasteiger partial charge < -0.3 is 20.3 Å². The molecular weight excluding hydrogens is 947 g/mol. The number of amides is 1. The molecule has 0 aliphatic rings. The molecule has 6 heteroatoms. The fourth-order valence-electron chi connectivity index (χ4n) is 10.3. The summed E-state index contributed by atoms with van der Waals surface area (Å²) in [6, 6.07) is -0.634. The summed E-state index contributed by atoms with van der Waals surface area (Å²) < 4.78 is 5.43. The number of unbranched alkanes of at least 4 members (excludes halogenated alkanes) is 44. The van der Waals surface area contributed by atoms with Crippen LogP contribution in [0.25, 0.3) is 0 Å². The summed E-state index contributed by atoms with van der Waals surface area (Å²) in [5, 5.41) is 23.2. The third-order valence-electron chi connectivity index (χ3n) is 15.5. The molecule has 0 aromatic rings. The molecule has 77 heavy (non-hydrogen) atoms. The Morgan fingerprint density at radius 2 is 0.649 bits per heavy atom. The Bertz CT molecular complexity index is 1340. The molecule has 0 saturated carbocycles. The molecule has 0 aliphatic heterocycles. The number of carbonyl (C=O) groups is 2. The highest BCUT2D eigenvalue weighted by atomic mass is 16.5. The summed E-state index contributed by atoms with van der Waals surface area (Å²) in [5.41, 5.74) is 0. The van der Waals surface area contributed by atoms with Crippen LogP contribution in [0, 0.1) is 0 Å². The minimum atomic E-state index is -0.851. The molecule has 0 fully saturated rings. The Morgan fingerprint density at radius 3 is 1.01 bits per heavy atom. The topological polar surface area (TPSA) is 95.9 Å². The fourth-order valence-corrected chi connectivity index (χ4v) is 10.3. The monoisotopic (exact) mass is 1080 g/mol. The molecule has 450 valence electrons. The van der Waals surface area contributed by atoms with E-state index in [-0.39, 0.29) is 18.5 Å². The van der Waals surface area contributed by atoms with Crippen molar-refractivity contribution in [2.45, 2.75) is 366 Å². The molecule has 0 heterocycles. The number of hydrogen-bond acceptors (Lipinski definition) is 5. The molecule has 0 saturated heterocycles. The number of hydrogen-bond donors (Lipinski definition) is 3. The number of nitrogens with one attached hydrogen (secondary N) is 1. The van der Waals surface area contributed by atoms with E-state index < -0.39 is 12.1 Å². The Morgan fingerprint density at radius 1 is 0.364 bits per heavy atom. The molecule has 3 N–H and O–H groups in total. The van der Waals surface area contributed by atoms with E-state index in [1.165, 1.54) is 270 Å². The van der Waals surface area contributed by atoms with Crippen LogP contribution in [-0.2, 0) is 14.3 Å². The van der Waals surface area contributed by atoms with Gasteiger partial charge in [-0.2, -0.15) is 0 Å². The highest BCUT2D eigenvalue weighted by Crippen LogP contribution is 2.18. The van der Waals surface area contributed by atoms with Gasteiger partial charge in [0.25, 0.3) is 0 Å². The largest absolute Gasteiger partial charge is 0.465 e. The lowest BCUT2D eigenvalue weighted by molar-refractivity contribution is -0.143. The van der Waals surface area contributed by atoms with Crippen molar-refractivity contribution < 1.29 is 24.5 Å². The van der Waals surface area contributed by atoms with Crippen molar-refractivity contribution in [1.82, 2.24) is 5.32 Å². The van der Waals surface area contributed by atoms with Gasteiger partial charge in [-0.15, -0.1) is 0 Å². The van der Waals surface area contributed by atoms with Crippen LogP contribution in [0.3, 0.4) is 0 Å². The first-order chi connectivity index (χ1) is 38.0.